The third kappa shape index (κ3) is 5.55. The van der Waals surface area contributed by atoms with E-state index in [0.29, 0.717) is 18.5 Å². The van der Waals surface area contributed by atoms with Crippen molar-refractivity contribution in [2.75, 3.05) is 19.4 Å². The second-order valence-corrected chi connectivity index (χ2v) is 7.24. The zero-order chi connectivity index (χ0) is 15.0. The Kier molecular flexibility index (Phi) is 7.10. The fourth-order valence-electron chi connectivity index (χ4n) is 1.36. The number of thioether (sulfide) groups is 1. The van der Waals surface area contributed by atoms with Crippen LogP contribution in [-0.4, -0.2) is 38.2 Å². The lowest BCUT2D eigenvalue weighted by Gasteiger charge is -2.10. The van der Waals surface area contributed by atoms with Crippen LogP contribution < -0.4 is 4.72 Å². The van der Waals surface area contributed by atoms with E-state index in [-0.39, 0.29) is 16.8 Å². The van der Waals surface area contributed by atoms with Crippen molar-refractivity contribution in [3.63, 3.8) is 0 Å². The fraction of sp³-hybridized carbons (Fsp3) is 0.429. The molecule has 0 radical (unpaired) electrons. The van der Waals surface area contributed by atoms with Gasteiger partial charge in [-0.05, 0) is 24.5 Å². The van der Waals surface area contributed by atoms with Gasteiger partial charge in [0.25, 0.3) is 0 Å². The fourth-order valence-corrected chi connectivity index (χ4v) is 2.89. The van der Waals surface area contributed by atoms with Gasteiger partial charge in [-0.25, -0.2) is 13.1 Å². The van der Waals surface area contributed by atoms with E-state index < -0.39 is 10.0 Å². The molecular weight excluding hydrogens is 294 g/mol. The van der Waals surface area contributed by atoms with Crippen molar-refractivity contribution < 1.29 is 13.5 Å². The molecule has 1 unspecified atom stereocenters. The summed E-state index contributed by atoms with van der Waals surface area (Å²) in [4.78, 5) is 0.210. The van der Waals surface area contributed by atoms with E-state index in [1.165, 1.54) is 6.07 Å². The third-order valence-electron chi connectivity index (χ3n) is 2.58. The van der Waals surface area contributed by atoms with Crippen LogP contribution in [0.5, 0.6) is 0 Å². The topological polar surface area (TPSA) is 66.4 Å². The summed E-state index contributed by atoms with van der Waals surface area (Å²) in [5.74, 6) is 5.60. The molecule has 0 saturated carbocycles. The second kappa shape index (κ2) is 8.32. The first-order valence-corrected chi connectivity index (χ1v) is 8.99. The summed E-state index contributed by atoms with van der Waals surface area (Å²) < 4.78 is 26.8. The molecule has 1 atom stereocenters. The van der Waals surface area contributed by atoms with Gasteiger partial charge in [0.05, 0.1) is 11.5 Å². The third-order valence-corrected chi connectivity index (χ3v) is 4.97. The highest BCUT2D eigenvalue weighted by Gasteiger charge is 2.14. The normalized spacial score (nSPS) is 12.6. The number of aliphatic hydroxyl groups excluding tert-OH is 1. The SMILES string of the molecule is CSC(C)CNS(=O)(=O)c1cccc(C#CCCO)c1. The van der Waals surface area contributed by atoms with Crippen LogP contribution in [0, 0.1) is 11.8 Å². The first-order chi connectivity index (χ1) is 9.49. The number of rotatable bonds is 6. The molecule has 0 fully saturated rings. The summed E-state index contributed by atoms with van der Waals surface area (Å²) in [6, 6.07) is 6.49. The number of benzene rings is 1. The van der Waals surface area contributed by atoms with Gasteiger partial charge < -0.3 is 5.11 Å². The van der Waals surface area contributed by atoms with Gasteiger partial charge >= 0.3 is 0 Å². The van der Waals surface area contributed by atoms with Crippen LogP contribution >= 0.6 is 11.8 Å². The molecule has 1 rings (SSSR count). The maximum atomic E-state index is 12.1. The van der Waals surface area contributed by atoms with Crippen molar-refractivity contribution in [2.45, 2.75) is 23.5 Å². The van der Waals surface area contributed by atoms with Crippen molar-refractivity contribution in [3.05, 3.63) is 29.8 Å². The molecule has 0 amide bonds. The van der Waals surface area contributed by atoms with Crippen LogP contribution in [0.2, 0.25) is 0 Å². The molecule has 20 heavy (non-hydrogen) atoms. The Labute approximate surface area is 125 Å². The Morgan fingerprint density at radius 1 is 1.45 bits per heavy atom. The molecule has 0 aliphatic heterocycles. The van der Waals surface area contributed by atoms with Gasteiger partial charge in [0.15, 0.2) is 0 Å². The molecule has 0 saturated heterocycles. The predicted octanol–water partition coefficient (Wildman–Crippen LogP) is 1.45. The molecule has 0 bridgehead atoms. The van der Waals surface area contributed by atoms with Crippen molar-refractivity contribution >= 4 is 21.8 Å². The minimum Gasteiger partial charge on any atom is -0.395 e. The van der Waals surface area contributed by atoms with E-state index >= 15 is 0 Å². The smallest absolute Gasteiger partial charge is 0.240 e. The predicted molar refractivity (Wildman–Crippen MR) is 83.2 cm³/mol. The molecule has 0 spiro atoms. The number of sulfonamides is 1. The van der Waals surface area contributed by atoms with Crippen LogP contribution in [0.3, 0.4) is 0 Å². The van der Waals surface area contributed by atoms with E-state index in [2.05, 4.69) is 16.6 Å². The average Bonchev–Trinajstić information content (AvgIpc) is 2.45. The minimum atomic E-state index is -3.50. The Balaban J connectivity index is 2.85. The minimum absolute atomic E-state index is 0.000875. The Morgan fingerprint density at radius 2 is 2.20 bits per heavy atom. The van der Waals surface area contributed by atoms with Crippen LogP contribution in [0.1, 0.15) is 18.9 Å². The molecule has 2 N–H and O–H groups in total. The van der Waals surface area contributed by atoms with E-state index in [0.717, 1.165) is 0 Å². The van der Waals surface area contributed by atoms with Crippen LogP contribution in [0.4, 0.5) is 0 Å². The highest BCUT2D eigenvalue weighted by molar-refractivity contribution is 7.99. The van der Waals surface area contributed by atoms with Crippen molar-refractivity contribution in [1.29, 1.82) is 0 Å². The first-order valence-electron chi connectivity index (χ1n) is 6.22. The van der Waals surface area contributed by atoms with Crippen molar-refractivity contribution in [2.24, 2.45) is 0 Å². The Hall–Kier alpha value is -1.00. The number of nitrogens with one attached hydrogen (secondary N) is 1. The lowest BCUT2D eigenvalue weighted by molar-refractivity contribution is 0.305. The number of hydrogen-bond donors (Lipinski definition) is 2. The van der Waals surface area contributed by atoms with E-state index in [4.69, 9.17) is 5.11 Å². The molecule has 1 aromatic carbocycles. The summed E-state index contributed by atoms with van der Waals surface area (Å²) in [6.45, 7) is 2.35. The lowest BCUT2D eigenvalue weighted by Crippen LogP contribution is -2.29. The monoisotopic (exact) mass is 313 g/mol. The van der Waals surface area contributed by atoms with Crippen molar-refractivity contribution in [1.82, 2.24) is 4.72 Å². The quantitative estimate of drug-likeness (QED) is 0.780. The Morgan fingerprint density at radius 3 is 2.85 bits per heavy atom. The molecule has 0 aliphatic carbocycles. The van der Waals surface area contributed by atoms with Gasteiger partial charge in [-0.3, -0.25) is 0 Å². The number of aliphatic hydroxyl groups is 1. The summed E-state index contributed by atoms with van der Waals surface area (Å²) in [5.41, 5.74) is 0.624. The van der Waals surface area contributed by atoms with Crippen LogP contribution in [0.25, 0.3) is 0 Å². The standard InChI is InChI=1S/C14H19NO3S2/c1-12(19-2)11-15-20(17,18)14-8-5-7-13(10-14)6-3-4-9-16/h5,7-8,10,12,15-16H,4,9,11H2,1-2H3. The molecule has 110 valence electrons. The van der Waals surface area contributed by atoms with E-state index in [9.17, 15) is 8.42 Å². The van der Waals surface area contributed by atoms with Gasteiger partial charge in [0.1, 0.15) is 0 Å². The van der Waals surface area contributed by atoms with Gasteiger partial charge in [-0.2, -0.15) is 11.8 Å². The van der Waals surface area contributed by atoms with E-state index in [1.54, 1.807) is 30.0 Å². The highest BCUT2D eigenvalue weighted by atomic mass is 32.2. The molecule has 6 heteroatoms. The zero-order valence-electron chi connectivity index (χ0n) is 11.6. The largest absolute Gasteiger partial charge is 0.395 e. The molecule has 4 nitrogen and oxygen atoms in total. The summed E-state index contributed by atoms with van der Waals surface area (Å²) in [7, 11) is -3.50. The first kappa shape index (κ1) is 17.1. The van der Waals surface area contributed by atoms with Gasteiger partial charge in [0, 0.05) is 23.8 Å². The summed E-state index contributed by atoms with van der Waals surface area (Å²) >= 11 is 1.60. The summed E-state index contributed by atoms with van der Waals surface area (Å²) in [6.07, 6.45) is 2.32. The maximum absolute atomic E-state index is 12.1. The molecule has 0 heterocycles. The Bertz CT molecular complexity index is 588. The number of hydrogen-bond acceptors (Lipinski definition) is 4. The van der Waals surface area contributed by atoms with Crippen molar-refractivity contribution in [3.8, 4) is 11.8 Å². The molecule has 0 aliphatic rings. The van der Waals surface area contributed by atoms with Gasteiger partial charge in [-0.1, -0.05) is 24.8 Å². The zero-order valence-corrected chi connectivity index (χ0v) is 13.2. The average molecular weight is 313 g/mol. The lowest BCUT2D eigenvalue weighted by atomic mass is 10.2. The molecule has 0 aromatic heterocycles. The molecular formula is C14H19NO3S2. The highest BCUT2D eigenvalue weighted by Crippen LogP contribution is 2.12. The molecule has 1 aromatic rings. The summed E-state index contributed by atoms with van der Waals surface area (Å²) in [5, 5.41) is 8.88. The van der Waals surface area contributed by atoms with Crippen LogP contribution in [-0.2, 0) is 10.0 Å². The van der Waals surface area contributed by atoms with Gasteiger partial charge in [-0.15, -0.1) is 0 Å². The second-order valence-electron chi connectivity index (χ2n) is 4.20. The maximum Gasteiger partial charge on any atom is 0.240 e. The van der Waals surface area contributed by atoms with Gasteiger partial charge in [0.2, 0.25) is 10.0 Å². The van der Waals surface area contributed by atoms with E-state index in [1.807, 2.05) is 13.2 Å². The van der Waals surface area contributed by atoms with Crippen LogP contribution in [0.15, 0.2) is 29.2 Å².